The highest BCUT2D eigenvalue weighted by molar-refractivity contribution is 9.10. The normalized spacial score (nSPS) is 13.2. The van der Waals surface area contributed by atoms with Crippen molar-refractivity contribution in [2.24, 2.45) is 5.92 Å². The molecule has 0 aliphatic heterocycles. The van der Waals surface area contributed by atoms with Gasteiger partial charge in [0.25, 0.3) is 0 Å². The number of carboxylic acid groups (broad SMARTS) is 1. The fourth-order valence-corrected chi connectivity index (χ4v) is 2.78. The van der Waals surface area contributed by atoms with Gasteiger partial charge in [0.1, 0.15) is 9.84 Å². The molecule has 4 nitrogen and oxygen atoms in total. The molecule has 0 heterocycles. The van der Waals surface area contributed by atoms with Gasteiger partial charge in [0.2, 0.25) is 0 Å². The van der Waals surface area contributed by atoms with E-state index >= 15 is 0 Å². The zero-order valence-corrected chi connectivity index (χ0v) is 12.4. The van der Waals surface area contributed by atoms with Crippen LogP contribution in [0, 0.1) is 5.92 Å². The van der Waals surface area contributed by atoms with Crippen LogP contribution in [0.4, 0.5) is 0 Å². The molecule has 0 radical (unpaired) electrons. The summed E-state index contributed by atoms with van der Waals surface area (Å²) in [6, 6.07) is 7.36. The fraction of sp³-hybridized carbons (Fsp3) is 0.417. The standard InChI is InChI=1S/C12H15BrO4S/c1-18(16,17)6-5-10(12(14)15)7-9-3-2-4-11(13)8-9/h2-4,8,10H,5-7H2,1H3,(H,14,15). The minimum absolute atomic E-state index is 0.0992. The lowest BCUT2D eigenvalue weighted by atomic mass is 9.97. The van der Waals surface area contributed by atoms with Gasteiger partial charge in [-0.1, -0.05) is 28.1 Å². The summed E-state index contributed by atoms with van der Waals surface area (Å²) in [5, 5.41) is 9.09. The Morgan fingerprint density at radius 3 is 2.61 bits per heavy atom. The van der Waals surface area contributed by atoms with E-state index in [-0.39, 0.29) is 12.2 Å². The molecule has 1 aromatic carbocycles. The summed E-state index contributed by atoms with van der Waals surface area (Å²) in [4.78, 5) is 11.1. The van der Waals surface area contributed by atoms with Gasteiger partial charge in [0.05, 0.1) is 11.7 Å². The van der Waals surface area contributed by atoms with Crippen molar-refractivity contribution in [2.45, 2.75) is 12.8 Å². The summed E-state index contributed by atoms with van der Waals surface area (Å²) in [6.07, 6.45) is 1.59. The van der Waals surface area contributed by atoms with E-state index in [0.29, 0.717) is 6.42 Å². The summed E-state index contributed by atoms with van der Waals surface area (Å²) < 4.78 is 23.0. The molecule has 1 rings (SSSR count). The van der Waals surface area contributed by atoms with Gasteiger partial charge in [-0.2, -0.15) is 0 Å². The van der Waals surface area contributed by atoms with Crippen LogP contribution < -0.4 is 0 Å². The number of hydrogen-bond acceptors (Lipinski definition) is 3. The molecule has 0 saturated heterocycles. The quantitative estimate of drug-likeness (QED) is 0.864. The number of halogens is 1. The molecule has 6 heteroatoms. The highest BCUT2D eigenvalue weighted by Gasteiger charge is 2.20. The van der Waals surface area contributed by atoms with Crippen LogP contribution in [0.1, 0.15) is 12.0 Å². The van der Waals surface area contributed by atoms with Gasteiger partial charge in [-0.25, -0.2) is 8.42 Å². The van der Waals surface area contributed by atoms with Crippen LogP contribution >= 0.6 is 15.9 Å². The average molecular weight is 335 g/mol. The van der Waals surface area contributed by atoms with Gasteiger partial charge < -0.3 is 5.11 Å². The minimum atomic E-state index is -3.13. The van der Waals surface area contributed by atoms with E-state index in [1.807, 2.05) is 24.3 Å². The van der Waals surface area contributed by atoms with Crippen LogP contribution in [0.25, 0.3) is 0 Å². The number of rotatable bonds is 6. The van der Waals surface area contributed by atoms with Crippen LogP contribution in [0.2, 0.25) is 0 Å². The second-order valence-electron chi connectivity index (χ2n) is 4.29. The second-order valence-corrected chi connectivity index (χ2v) is 7.46. The van der Waals surface area contributed by atoms with Crippen molar-refractivity contribution in [3.63, 3.8) is 0 Å². The van der Waals surface area contributed by atoms with E-state index in [0.717, 1.165) is 16.3 Å². The number of benzene rings is 1. The number of aliphatic carboxylic acids is 1. The highest BCUT2D eigenvalue weighted by atomic mass is 79.9. The lowest BCUT2D eigenvalue weighted by Gasteiger charge is -2.11. The summed E-state index contributed by atoms with van der Waals surface area (Å²) in [5.41, 5.74) is 0.880. The zero-order valence-electron chi connectivity index (χ0n) is 9.97. The molecule has 18 heavy (non-hydrogen) atoms. The number of carbonyl (C=O) groups is 1. The van der Waals surface area contributed by atoms with E-state index < -0.39 is 21.7 Å². The highest BCUT2D eigenvalue weighted by Crippen LogP contribution is 2.17. The molecule has 100 valence electrons. The van der Waals surface area contributed by atoms with Crippen molar-refractivity contribution < 1.29 is 18.3 Å². The Morgan fingerprint density at radius 2 is 2.11 bits per heavy atom. The van der Waals surface area contributed by atoms with Crippen molar-refractivity contribution in [1.82, 2.24) is 0 Å². The first-order valence-corrected chi connectivity index (χ1v) is 8.28. The predicted molar refractivity (Wildman–Crippen MR) is 73.3 cm³/mol. The van der Waals surface area contributed by atoms with Gasteiger partial charge in [-0.15, -0.1) is 0 Å². The van der Waals surface area contributed by atoms with Gasteiger partial charge in [-0.05, 0) is 30.5 Å². The summed E-state index contributed by atoms with van der Waals surface area (Å²) in [5.74, 6) is -1.73. The van der Waals surface area contributed by atoms with E-state index in [9.17, 15) is 13.2 Å². The first-order valence-electron chi connectivity index (χ1n) is 5.43. The lowest BCUT2D eigenvalue weighted by molar-refractivity contribution is -0.141. The molecule has 0 saturated carbocycles. The molecular formula is C12H15BrO4S. The second kappa shape index (κ2) is 6.33. The molecule has 1 aromatic rings. The van der Waals surface area contributed by atoms with Crippen molar-refractivity contribution in [1.29, 1.82) is 0 Å². The van der Waals surface area contributed by atoms with Crippen molar-refractivity contribution in [2.75, 3.05) is 12.0 Å². The molecule has 0 aliphatic rings. The SMILES string of the molecule is CS(=O)(=O)CCC(Cc1cccc(Br)c1)C(=O)O. The zero-order chi connectivity index (χ0) is 13.8. The van der Waals surface area contributed by atoms with Crippen LogP contribution in [0.15, 0.2) is 28.7 Å². The maximum absolute atomic E-state index is 11.1. The van der Waals surface area contributed by atoms with Crippen molar-refractivity contribution in [3.05, 3.63) is 34.3 Å². The van der Waals surface area contributed by atoms with Gasteiger partial charge >= 0.3 is 5.97 Å². The molecule has 0 spiro atoms. The Bertz CT molecular complexity index is 525. The Kier molecular flexibility index (Phi) is 5.34. The molecule has 1 atom stereocenters. The third-order valence-corrected chi connectivity index (χ3v) is 4.03. The summed E-state index contributed by atoms with van der Waals surface area (Å²) >= 11 is 3.32. The largest absolute Gasteiger partial charge is 0.481 e. The molecule has 0 amide bonds. The van der Waals surface area contributed by atoms with Crippen LogP contribution in [-0.2, 0) is 21.1 Å². The molecule has 0 bridgehead atoms. The number of carboxylic acids is 1. The van der Waals surface area contributed by atoms with Gasteiger partial charge in [0, 0.05) is 10.7 Å². The van der Waals surface area contributed by atoms with Crippen LogP contribution in [0.3, 0.4) is 0 Å². The van der Waals surface area contributed by atoms with Crippen LogP contribution in [-0.4, -0.2) is 31.5 Å². The first-order chi connectivity index (χ1) is 8.28. The monoisotopic (exact) mass is 334 g/mol. The number of sulfone groups is 1. The fourth-order valence-electron chi connectivity index (χ4n) is 1.62. The lowest BCUT2D eigenvalue weighted by Crippen LogP contribution is -2.20. The Hall–Kier alpha value is -0.880. The molecule has 0 aromatic heterocycles. The number of hydrogen-bond donors (Lipinski definition) is 1. The van der Waals surface area contributed by atoms with E-state index in [2.05, 4.69) is 15.9 Å². The molecular weight excluding hydrogens is 320 g/mol. The van der Waals surface area contributed by atoms with E-state index in [4.69, 9.17) is 5.11 Å². The summed E-state index contributed by atoms with van der Waals surface area (Å²) in [6.45, 7) is 0. The van der Waals surface area contributed by atoms with Crippen LogP contribution in [0.5, 0.6) is 0 Å². The van der Waals surface area contributed by atoms with E-state index in [1.165, 1.54) is 0 Å². The Balaban J connectivity index is 2.72. The molecule has 0 fully saturated rings. The molecule has 1 unspecified atom stereocenters. The van der Waals surface area contributed by atoms with Gasteiger partial charge in [-0.3, -0.25) is 4.79 Å². The van der Waals surface area contributed by atoms with Crippen molar-refractivity contribution >= 4 is 31.7 Å². The third-order valence-electron chi connectivity index (χ3n) is 2.56. The smallest absolute Gasteiger partial charge is 0.306 e. The molecule has 0 aliphatic carbocycles. The van der Waals surface area contributed by atoms with Gasteiger partial charge in [0.15, 0.2) is 0 Å². The van der Waals surface area contributed by atoms with E-state index in [1.54, 1.807) is 0 Å². The molecule has 1 N–H and O–H groups in total. The Morgan fingerprint density at radius 1 is 1.44 bits per heavy atom. The minimum Gasteiger partial charge on any atom is -0.481 e. The maximum Gasteiger partial charge on any atom is 0.306 e. The average Bonchev–Trinajstić information content (AvgIpc) is 2.22. The predicted octanol–water partition coefficient (Wildman–Crippen LogP) is 2.13. The maximum atomic E-state index is 11.1. The Labute approximate surface area is 115 Å². The third kappa shape index (κ3) is 5.64. The summed E-state index contributed by atoms with van der Waals surface area (Å²) in [7, 11) is -3.13. The first kappa shape index (κ1) is 15.2. The topological polar surface area (TPSA) is 71.4 Å². The van der Waals surface area contributed by atoms with Crippen molar-refractivity contribution in [3.8, 4) is 0 Å².